The number of ether oxygens (including phenoxy) is 2. The molecule has 5 rings (SSSR count). The van der Waals surface area contributed by atoms with Crippen LogP contribution in [0.4, 0.5) is 11.6 Å². The van der Waals surface area contributed by atoms with Crippen molar-refractivity contribution in [2.24, 2.45) is 0 Å². The van der Waals surface area contributed by atoms with E-state index in [2.05, 4.69) is 26.2 Å². The zero-order valence-corrected chi connectivity index (χ0v) is 19.3. The fraction of sp³-hybridized carbons (Fsp3) is 0.154. The van der Waals surface area contributed by atoms with E-state index in [4.69, 9.17) is 9.47 Å². The van der Waals surface area contributed by atoms with Crippen molar-refractivity contribution in [3.8, 4) is 11.5 Å². The molecule has 1 atom stereocenters. The number of fused-ring (bicyclic) bond motifs is 1. The highest BCUT2D eigenvalue weighted by molar-refractivity contribution is 6.06. The van der Waals surface area contributed by atoms with Gasteiger partial charge >= 0.3 is 0 Å². The Labute approximate surface area is 202 Å². The molecule has 2 heterocycles. The minimum atomic E-state index is -0.559. The van der Waals surface area contributed by atoms with Gasteiger partial charge in [-0.3, -0.25) is 4.79 Å². The second-order valence-corrected chi connectivity index (χ2v) is 8.01. The molecule has 0 spiro atoms. The standard InChI is InChI=1S/C26H24N6O3/c1-17-23(25(33)28-21-13-6-7-14-22(21)34-2)24(32-26(27-17)29-30-31-32)19-11-8-12-20(15-19)35-16-18-9-4-3-5-10-18/h3-15,24H,16H2,1-2H3,(H,28,33)(H,27,29,31)/t24-/m1/s1. The van der Waals surface area contributed by atoms with Gasteiger partial charge < -0.3 is 20.1 Å². The van der Waals surface area contributed by atoms with Crippen molar-refractivity contribution < 1.29 is 14.3 Å². The second kappa shape index (κ2) is 9.68. The summed E-state index contributed by atoms with van der Waals surface area (Å²) in [6.07, 6.45) is 0. The number of hydrogen-bond donors (Lipinski definition) is 2. The molecule has 2 N–H and O–H groups in total. The van der Waals surface area contributed by atoms with Gasteiger partial charge in [0.15, 0.2) is 0 Å². The van der Waals surface area contributed by atoms with E-state index in [-0.39, 0.29) is 5.91 Å². The smallest absolute Gasteiger partial charge is 0.255 e. The third-order valence-corrected chi connectivity index (χ3v) is 5.74. The molecular weight excluding hydrogens is 444 g/mol. The summed E-state index contributed by atoms with van der Waals surface area (Å²) >= 11 is 0. The average molecular weight is 469 g/mol. The van der Waals surface area contributed by atoms with Crippen molar-refractivity contribution in [3.05, 3.63) is 101 Å². The van der Waals surface area contributed by atoms with Crippen LogP contribution in [-0.2, 0) is 11.4 Å². The summed E-state index contributed by atoms with van der Waals surface area (Å²) in [4.78, 5) is 13.6. The van der Waals surface area contributed by atoms with Gasteiger partial charge in [0.05, 0.1) is 18.4 Å². The molecule has 0 aliphatic carbocycles. The van der Waals surface area contributed by atoms with Crippen LogP contribution in [0.15, 0.2) is 90.1 Å². The van der Waals surface area contributed by atoms with Crippen LogP contribution in [0.3, 0.4) is 0 Å². The molecule has 1 amide bonds. The number of methoxy groups -OCH3 is 1. The molecule has 1 aliphatic rings. The van der Waals surface area contributed by atoms with Gasteiger partial charge in [0, 0.05) is 5.70 Å². The monoisotopic (exact) mass is 468 g/mol. The van der Waals surface area contributed by atoms with Crippen LogP contribution in [0.25, 0.3) is 0 Å². The maximum absolute atomic E-state index is 13.6. The molecule has 35 heavy (non-hydrogen) atoms. The van der Waals surface area contributed by atoms with Crippen molar-refractivity contribution in [3.63, 3.8) is 0 Å². The van der Waals surface area contributed by atoms with Crippen LogP contribution in [0.2, 0.25) is 0 Å². The summed E-state index contributed by atoms with van der Waals surface area (Å²) in [6.45, 7) is 2.26. The van der Waals surface area contributed by atoms with Gasteiger partial charge in [-0.2, -0.15) is 4.68 Å². The molecule has 9 nitrogen and oxygen atoms in total. The number of benzene rings is 3. The number of carbonyl (C=O) groups excluding carboxylic acids is 1. The molecule has 1 aliphatic heterocycles. The number of tetrazole rings is 1. The van der Waals surface area contributed by atoms with Crippen LogP contribution >= 0.6 is 0 Å². The lowest BCUT2D eigenvalue weighted by Crippen LogP contribution is -2.31. The van der Waals surface area contributed by atoms with E-state index >= 15 is 0 Å². The topological polar surface area (TPSA) is 103 Å². The van der Waals surface area contributed by atoms with Gasteiger partial charge in [-0.15, -0.1) is 0 Å². The van der Waals surface area contributed by atoms with Crippen LogP contribution in [0, 0.1) is 0 Å². The Balaban J connectivity index is 1.48. The summed E-state index contributed by atoms with van der Waals surface area (Å²) in [7, 11) is 1.56. The number of anilines is 2. The molecule has 9 heteroatoms. The van der Waals surface area contributed by atoms with Crippen molar-refractivity contribution in [1.29, 1.82) is 0 Å². The zero-order valence-electron chi connectivity index (χ0n) is 19.3. The largest absolute Gasteiger partial charge is 0.495 e. The number of amides is 1. The van der Waals surface area contributed by atoms with Gasteiger partial charge in [0.1, 0.15) is 24.1 Å². The van der Waals surface area contributed by atoms with Gasteiger partial charge in [0.25, 0.3) is 5.91 Å². The van der Waals surface area contributed by atoms with Crippen LogP contribution in [-0.4, -0.2) is 33.2 Å². The Morgan fingerprint density at radius 3 is 2.69 bits per heavy atom. The minimum Gasteiger partial charge on any atom is -0.495 e. The fourth-order valence-electron chi connectivity index (χ4n) is 4.07. The van der Waals surface area contributed by atoms with E-state index in [0.29, 0.717) is 41.0 Å². The highest BCUT2D eigenvalue weighted by Gasteiger charge is 2.34. The Morgan fingerprint density at radius 2 is 1.86 bits per heavy atom. The number of nitrogens with zero attached hydrogens (tertiary/aromatic N) is 4. The van der Waals surface area contributed by atoms with Crippen molar-refractivity contribution in [2.45, 2.75) is 19.6 Å². The normalized spacial score (nSPS) is 14.6. The summed E-state index contributed by atoms with van der Waals surface area (Å²) in [6, 6.07) is 24.3. The maximum atomic E-state index is 13.6. The minimum absolute atomic E-state index is 0.291. The molecule has 0 saturated heterocycles. The number of para-hydroxylation sites is 2. The highest BCUT2D eigenvalue weighted by Crippen LogP contribution is 2.36. The molecule has 0 radical (unpaired) electrons. The lowest BCUT2D eigenvalue weighted by Gasteiger charge is -2.28. The summed E-state index contributed by atoms with van der Waals surface area (Å²) < 4.78 is 13.0. The molecule has 0 bridgehead atoms. The molecular formula is C26H24N6O3. The van der Waals surface area contributed by atoms with Gasteiger partial charge in [-0.1, -0.05) is 59.7 Å². The SMILES string of the molecule is COc1ccccc1NC(=O)C1=C(C)Nc2nnnn2[C@@H]1c1cccc(OCc2ccccc2)c1. The Morgan fingerprint density at radius 1 is 1.06 bits per heavy atom. The fourth-order valence-corrected chi connectivity index (χ4v) is 4.07. The molecule has 4 aromatic rings. The quantitative estimate of drug-likeness (QED) is 0.419. The maximum Gasteiger partial charge on any atom is 0.255 e. The zero-order chi connectivity index (χ0) is 24.2. The van der Waals surface area contributed by atoms with E-state index in [0.717, 1.165) is 11.1 Å². The Bertz CT molecular complexity index is 1380. The first-order chi connectivity index (χ1) is 17.1. The molecule has 176 valence electrons. The number of nitrogens with one attached hydrogen (secondary N) is 2. The predicted octanol–water partition coefficient (Wildman–Crippen LogP) is 4.19. The van der Waals surface area contributed by atoms with E-state index < -0.39 is 6.04 Å². The van der Waals surface area contributed by atoms with E-state index in [9.17, 15) is 4.79 Å². The Kier molecular flexibility index (Phi) is 6.13. The van der Waals surface area contributed by atoms with Crippen LogP contribution in [0.5, 0.6) is 11.5 Å². The van der Waals surface area contributed by atoms with E-state index in [1.54, 1.807) is 23.9 Å². The van der Waals surface area contributed by atoms with Gasteiger partial charge in [-0.25, -0.2) is 0 Å². The second-order valence-electron chi connectivity index (χ2n) is 8.01. The molecule has 3 aromatic carbocycles. The number of allylic oxidation sites excluding steroid dienone is 1. The number of rotatable bonds is 7. The number of carbonyl (C=O) groups is 1. The van der Waals surface area contributed by atoms with E-state index in [1.165, 1.54) is 0 Å². The van der Waals surface area contributed by atoms with Crippen molar-refractivity contribution in [2.75, 3.05) is 17.7 Å². The predicted molar refractivity (Wildman–Crippen MR) is 131 cm³/mol. The molecule has 0 saturated carbocycles. The Hall–Kier alpha value is -4.66. The lowest BCUT2D eigenvalue weighted by molar-refractivity contribution is -0.113. The van der Waals surface area contributed by atoms with Crippen LogP contribution in [0.1, 0.15) is 24.1 Å². The summed E-state index contributed by atoms with van der Waals surface area (Å²) in [5.41, 5.74) is 3.59. The molecule has 1 aromatic heterocycles. The first kappa shape index (κ1) is 22.1. The van der Waals surface area contributed by atoms with Gasteiger partial charge in [0.2, 0.25) is 5.95 Å². The van der Waals surface area contributed by atoms with Crippen molar-refractivity contribution >= 4 is 17.5 Å². The first-order valence-corrected chi connectivity index (χ1v) is 11.1. The third kappa shape index (κ3) is 4.56. The number of hydrogen-bond acceptors (Lipinski definition) is 7. The molecule has 0 fully saturated rings. The first-order valence-electron chi connectivity index (χ1n) is 11.1. The number of aromatic nitrogens is 4. The molecule has 0 unspecified atom stereocenters. The van der Waals surface area contributed by atoms with Crippen LogP contribution < -0.4 is 20.1 Å². The highest BCUT2D eigenvalue weighted by atomic mass is 16.5. The third-order valence-electron chi connectivity index (χ3n) is 5.74. The summed E-state index contributed by atoms with van der Waals surface area (Å²) in [5, 5.41) is 18.1. The van der Waals surface area contributed by atoms with Crippen molar-refractivity contribution in [1.82, 2.24) is 20.2 Å². The van der Waals surface area contributed by atoms with E-state index in [1.807, 2.05) is 73.7 Å². The lowest BCUT2D eigenvalue weighted by atomic mass is 9.94. The summed E-state index contributed by atoms with van der Waals surface area (Å²) in [5.74, 6) is 1.42. The van der Waals surface area contributed by atoms with Gasteiger partial charge in [-0.05, 0) is 52.7 Å². The average Bonchev–Trinajstić information content (AvgIpc) is 3.35.